The van der Waals surface area contributed by atoms with Crippen molar-refractivity contribution in [3.63, 3.8) is 0 Å². The number of hydrogen-bond acceptors (Lipinski definition) is 3. The molecule has 0 bridgehead atoms. The molecule has 0 saturated carbocycles. The standard InChI is InChI=1S/C13H10Cl4O3/c14-7-1-8(15)4-12(19,3-7)11(18)13(20)5-9(16)2-10(17)6-13/h1-3,5,19-20H,4,6H2. The lowest BCUT2D eigenvalue weighted by Crippen LogP contribution is -2.52. The van der Waals surface area contributed by atoms with Gasteiger partial charge in [0.05, 0.1) is 0 Å². The van der Waals surface area contributed by atoms with Crippen molar-refractivity contribution >= 4 is 52.2 Å². The van der Waals surface area contributed by atoms with Gasteiger partial charge in [-0.2, -0.15) is 0 Å². The van der Waals surface area contributed by atoms with Gasteiger partial charge in [0.1, 0.15) is 0 Å². The van der Waals surface area contributed by atoms with Crippen LogP contribution in [0.3, 0.4) is 0 Å². The highest BCUT2D eigenvalue weighted by molar-refractivity contribution is 6.36. The van der Waals surface area contributed by atoms with Gasteiger partial charge < -0.3 is 10.2 Å². The number of carbonyl (C=O) groups excluding carboxylic acids is 1. The second kappa shape index (κ2) is 5.48. The van der Waals surface area contributed by atoms with E-state index in [0.717, 1.165) is 12.2 Å². The fourth-order valence-electron chi connectivity index (χ4n) is 2.22. The smallest absolute Gasteiger partial charge is 0.204 e. The lowest BCUT2D eigenvalue weighted by Gasteiger charge is -2.35. The van der Waals surface area contributed by atoms with Gasteiger partial charge in [0.2, 0.25) is 5.78 Å². The average molecular weight is 356 g/mol. The van der Waals surface area contributed by atoms with E-state index in [1.807, 2.05) is 0 Å². The van der Waals surface area contributed by atoms with Crippen molar-refractivity contribution in [2.24, 2.45) is 0 Å². The second-order valence-corrected chi connectivity index (χ2v) is 6.62. The summed E-state index contributed by atoms with van der Waals surface area (Å²) in [6.45, 7) is 0. The number of aliphatic hydroxyl groups is 2. The number of allylic oxidation sites excluding steroid dienone is 4. The molecular weight excluding hydrogens is 346 g/mol. The molecule has 3 nitrogen and oxygen atoms in total. The lowest BCUT2D eigenvalue weighted by atomic mass is 9.78. The molecule has 0 radical (unpaired) electrons. The van der Waals surface area contributed by atoms with Gasteiger partial charge in [0.15, 0.2) is 11.2 Å². The van der Waals surface area contributed by atoms with Crippen LogP contribution in [0.5, 0.6) is 0 Å². The van der Waals surface area contributed by atoms with Crippen molar-refractivity contribution in [3.05, 3.63) is 44.4 Å². The molecule has 0 spiro atoms. The molecule has 2 unspecified atom stereocenters. The van der Waals surface area contributed by atoms with Gasteiger partial charge in [0, 0.05) is 33.0 Å². The van der Waals surface area contributed by atoms with E-state index in [1.54, 1.807) is 0 Å². The summed E-state index contributed by atoms with van der Waals surface area (Å²) in [5.74, 6) is -0.876. The van der Waals surface area contributed by atoms with E-state index in [1.165, 1.54) is 12.2 Å². The molecule has 2 aliphatic carbocycles. The van der Waals surface area contributed by atoms with Gasteiger partial charge in [-0.25, -0.2) is 0 Å². The first-order valence-corrected chi connectivity index (χ1v) is 7.14. The Balaban J connectivity index is 2.38. The third kappa shape index (κ3) is 3.14. The van der Waals surface area contributed by atoms with E-state index in [9.17, 15) is 15.0 Å². The highest BCUT2D eigenvalue weighted by atomic mass is 35.5. The summed E-state index contributed by atoms with van der Waals surface area (Å²) in [7, 11) is 0. The Morgan fingerprint density at radius 3 is 1.55 bits per heavy atom. The third-order valence-corrected chi connectivity index (χ3v) is 3.93. The van der Waals surface area contributed by atoms with E-state index in [4.69, 9.17) is 46.4 Å². The number of halogens is 4. The second-order valence-electron chi connectivity index (χ2n) is 4.77. The van der Waals surface area contributed by atoms with Crippen molar-refractivity contribution in [2.75, 3.05) is 0 Å². The zero-order valence-corrected chi connectivity index (χ0v) is 13.1. The Kier molecular flexibility index (Phi) is 4.41. The molecule has 0 heterocycles. The minimum absolute atomic E-state index is 0.119. The molecule has 2 N–H and O–H groups in total. The van der Waals surface area contributed by atoms with Crippen LogP contribution in [0.1, 0.15) is 12.8 Å². The van der Waals surface area contributed by atoms with E-state index in [2.05, 4.69) is 0 Å². The van der Waals surface area contributed by atoms with E-state index >= 15 is 0 Å². The highest BCUT2D eigenvalue weighted by Crippen LogP contribution is 2.38. The maximum atomic E-state index is 12.5. The Labute approximate surface area is 135 Å². The largest absolute Gasteiger partial charge is 0.377 e. The molecule has 2 rings (SSSR count). The summed E-state index contributed by atoms with van der Waals surface area (Å²) >= 11 is 23.3. The maximum Gasteiger partial charge on any atom is 0.204 e. The molecule has 0 aromatic heterocycles. The number of Topliss-reactive ketones (excluding diaryl/α,β-unsaturated/α-hetero) is 1. The first kappa shape index (κ1) is 16.1. The SMILES string of the molecule is O=C(C1(O)C=C(Cl)C=C(Cl)C1)C1(O)C=C(Cl)C=C(Cl)C1. The molecule has 0 aliphatic heterocycles. The molecule has 7 heteroatoms. The van der Waals surface area contributed by atoms with Crippen LogP contribution in [0.25, 0.3) is 0 Å². The zero-order chi connectivity index (χ0) is 15.1. The van der Waals surface area contributed by atoms with E-state index in [-0.39, 0.29) is 33.0 Å². The van der Waals surface area contributed by atoms with Gasteiger partial charge in [-0.15, -0.1) is 0 Å². The Bertz CT molecular complexity index is 540. The molecule has 0 aromatic rings. The third-order valence-electron chi connectivity index (χ3n) is 3.01. The monoisotopic (exact) mass is 354 g/mol. The summed E-state index contributed by atoms with van der Waals surface area (Å²) in [5, 5.41) is 21.5. The van der Waals surface area contributed by atoms with Crippen LogP contribution >= 0.6 is 46.4 Å². The van der Waals surface area contributed by atoms with Crippen LogP contribution in [-0.4, -0.2) is 27.2 Å². The van der Waals surface area contributed by atoms with Gasteiger partial charge in [-0.1, -0.05) is 46.4 Å². The van der Waals surface area contributed by atoms with Gasteiger partial charge in [-0.3, -0.25) is 4.79 Å². The summed E-state index contributed by atoms with van der Waals surface area (Å²) in [5.41, 5.74) is -4.00. The summed E-state index contributed by atoms with van der Waals surface area (Å²) < 4.78 is 0. The van der Waals surface area contributed by atoms with Crippen LogP contribution < -0.4 is 0 Å². The predicted octanol–water partition coefficient (Wildman–Crippen LogP) is 3.32. The molecule has 0 fully saturated rings. The number of ketones is 1. The molecule has 0 aromatic carbocycles. The molecule has 2 aliphatic rings. The molecule has 20 heavy (non-hydrogen) atoms. The van der Waals surface area contributed by atoms with Crippen molar-refractivity contribution in [1.29, 1.82) is 0 Å². The van der Waals surface area contributed by atoms with Gasteiger partial charge in [-0.05, 0) is 24.3 Å². The summed E-state index contributed by atoms with van der Waals surface area (Å²) in [6.07, 6.45) is 4.80. The van der Waals surface area contributed by atoms with E-state index in [0.29, 0.717) is 0 Å². The van der Waals surface area contributed by atoms with Crippen molar-refractivity contribution in [2.45, 2.75) is 24.0 Å². The van der Waals surface area contributed by atoms with Crippen molar-refractivity contribution < 1.29 is 15.0 Å². The van der Waals surface area contributed by atoms with E-state index < -0.39 is 17.0 Å². The first-order chi connectivity index (χ1) is 9.14. The minimum atomic E-state index is -2.00. The maximum absolute atomic E-state index is 12.5. The number of carbonyl (C=O) groups is 1. The van der Waals surface area contributed by atoms with Crippen LogP contribution in [0, 0.1) is 0 Å². The topological polar surface area (TPSA) is 57.5 Å². The Hall–Kier alpha value is -0.290. The number of hydrogen-bond donors (Lipinski definition) is 2. The lowest BCUT2D eigenvalue weighted by molar-refractivity contribution is -0.147. The fourth-order valence-corrected chi connectivity index (χ4v) is 3.60. The Morgan fingerprint density at radius 2 is 1.25 bits per heavy atom. The van der Waals surface area contributed by atoms with Crippen molar-refractivity contribution in [3.8, 4) is 0 Å². The fraction of sp³-hybridized carbons (Fsp3) is 0.308. The van der Waals surface area contributed by atoms with Gasteiger partial charge in [0.25, 0.3) is 0 Å². The van der Waals surface area contributed by atoms with Crippen molar-refractivity contribution in [1.82, 2.24) is 0 Å². The molecule has 0 amide bonds. The highest BCUT2D eigenvalue weighted by Gasteiger charge is 2.48. The van der Waals surface area contributed by atoms with Crippen LogP contribution in [0.15, 0.2) is 44.4 Å². The quantitative estimate of drug-likeness (QED) is 0.798. The predicted molar refractivity (Wildman–Crippen MR) is 79.9 cm³/mol. The first-order valence-electron chi connectivity index (χ1n) is 5.63. The molecule has 2 atom stereocenters. The summed E-state index contributed by atoms with van der Waals surface area (Å²) in [6, 6.07) is 0. The minimum Gasteiger partial charge on any atom is -0.377 e. The molecule has 0 saturated heterocycles. The van der Waals surface area contributed by atoms with Crippen LogP contribution in [0.4, 0.5) is 0 Å². The number of rotatable bonds is 2. The Morgan fingerprint density at radius 1 is 0.900 bits per heavy atom. The average Bonchev–Trinajstić information content (AvgIpc) is 2.23. The molecule has 108 valence electrons. The van der Waals surface area contributed by atoms with Crippen LogP contribution in [-0.2, 0) is 4.79 Å². The normalized spacial score (nSPS) is 33.9. The zero-order valence-electron chi connectivity index (χ0n) is 10.0. The molecular formula is C13H10Cl4O3. The van der Waals surface area contributed by atoms with Gasteiger partial charge >= 0.3 is 0 Å². The summed E-state index contributed by atoms with van der Waals surface area (Å²) in [4.78, 5) is 12.5. The van der Waals surface area contributed by atoms with Crippen LogP contribution in [0.2, 0.25) is 0 Å².